The third kappa shape index (κ3) is 4.45. The summed E-state index contributed by atoms with van der Waals surface area (Å²) < 4.78 is 5.74. The minimum Gasteiger partial charge on any atom is -0.491 e. The first kappa shape index (κ1) is 16.3. The monoisotopic (exact) mass is 291 g/mol. The fourth-order valence-electron chi connectivity index (χ4n) is 2.71. The maximum Gasteiger partial charge on any atom is 0.122 e. The first-order chi connectivity index (χ1) is 9.93. The molecule has 1 aromatic carbocycles. The van der Waals surface area contributed by atoms with E-state index >= 15 is 0 Å². The average molecular weight is 291 g/mol. The van der Waals surface area contributed by atoms with Gasteiger partial charge in [-0.15, -0.1) is 0 Å². The van der Waals surface area contributed by atoms with E-state index in [-0.39, 0.29) is 0 Å². The molecule has 0 aliphatic heterocycles. The number of rotatable bonds is 8. The average Bonchev–Trinajstić information content (AvgIpc) is 3.21. The normalized spacial score (nSPS) is 17.8. The zero-order valence-electron chi connectivity index (χ0n) is 13.8. The van der Waals surface area contributed by atoms with Crippen molar-refractivity contribution in [3.8, 4) is 5.75 Å². The van der Waals surface area contributed by atoms with E-state index in [9.17, 15) is 5.11 Å². The summed E-state index contributed by atoms with van der Waals surface area (Å²) in [6.45, 7) is 10.6. The van der Waals surface area contributed by atoms with E-state index in [4.69, 9.17) is 4.74 Å². The Morgan fingerprint density at radius 1 is 1.29 bits per heavy atom. The lowest BCUT2D eigenvalue weighted by Gasteiger charge is -2.21. The molecule has 118 valence electrons. The van der Waals surface area contributed by atoms with E-state index in [2.05, 4.69) is 31.3 Å². The Morgan fingerprint density at radius 3 is 2.62 bits per heavy atom. The topological polar surface area (TPSA) is 41.5 Å². The van der Waals surface area contributed by atoms with Gasteiger partial charge >= 0.3 is 0 Å². The van der Waals surface area contributed by atoms with Crippen molar-refractivity contribution in [1.29, 1.82) is 0 Å². The van der Waals surface area contributed by atoms with Gasteiger partial charge in [0, 0.05) is 13.1 Å². The van der Waals surface area contributed by atoms with E-state index in [1.54, 1.807) is 0 Å². The van der Waals surface area contributed by atoms with Crippen molar-refractivity contribution in [2.45, 2.75) is 46.6 Å². The number of benzene rings is 1. The van der Waals surface area contributed by atoms with Crippen molar-refractivity contribution >= 4 is 0 Å². The standard InChI is InChI=1S/C18H29NO2/c1-13(2)18(7-8-18)12-19-10-16(20)11-21-17-9-14(3)5-6-15(17)4/h5-6,9,13,16,19-20H,7-8,10-12H2,1-4H3. The van der Waals surface area contributed by atoms with Crippen molar-refractivity contribution in [2.75, 3.05) is 19.7 Å². The molecule has 2 rings (SSSR count). The molecule has 3 heteroatoms. The molecule has 1 atom stereocenters. The Morgan fingerprint density at radius 2 is 2.00 bits per heavy atom. The number of hydrogen-bond acceptors (Lipinski definition) is 3. The third-order valence-corrected chi connectivity index (χ3v) is 4.75. The van der Waals surface area contributed by atoms with Crippen LogP contribution in [-0.2, 0) is 0 Å². The molecule has 3 nitrogen and oxygen atoms in total. The van der Waals surface area contributed by atoms with Gasteiger partial charge in [0.25, 0.3) is 0 Å². The van der Waals surface area contributed by atoms with Gasteiger partial charge in [0.1, 0.15) is 18.5 Å². The second-order valence-electron chi connectivity index (χ2n) is 6.88. The minimum absolute atomic E-state index is 0.339. The van der Waals surface area contributed by atoms with Crippen molar-refractivity contribution in [1.82, 2.24) is 5.32 Å². The number of aliphatic hydroxyl groups excluding tert-OH is 1. The molecule has 0 radical (unpaired) electrons. The summed E-state index contributed by atoms with van der Waals surface area (Å²) in [6.07, 6.45) is 2.16. The van der Waals surface area contributed by atoms with Crippen molar-refractivity contribution in [3.63, 3.8) is 0 Å². The van der Waals surface area contributed by atoms with Crippen molar-refractivity contribution in [3.05, 3.63) is 29.3 Å². The maximum atomic E-state index is 10.0. The summed E-state index contributed by atoms with van der Waals surface area (Å²) in [7, 11) is 0. The van der Waals surface area contributed by atoms with Crippen molar-refractivity contribution < 1.29 is 9.84 Å². The zero-order chi connectivity index (χ0) is 15.5. The van der Waals surface area contributed by atoms with Gasteiger partial charge in [-0.2, -0.15) is 0 Å². The van der Waals surface area contributed by atoms with Crippen LogP contribution in [0.5, 0.6) is 5.75 Å². The molecule has 1 aromatic rings. The van der Waals surface area contributed by atoms with Gasteiger partial charge in [-0.3, -0.25) is 0 Å². The fourth-order valence-corrected chi connectivity index (χ4v) is 2.71. The Hall–Kier alpha value is -1.06. The molecule has 1 unspecified atom stereocenters. The summed E-state index contributed by atoms with van der Waals surface area (Å²) >= 11 is 0. The molecule has 1 aliphatic carbocycles. The molecule has 1 aliphatic rings. The molecule has 0 amide bonds. The van der Waals surface area contributed by atoms with Crippen LogP contribution in [0.25, 0.3) is 0 Å². The van der Waals surface area contributed by atoms with Gasteiger partial charge in [-0.05, 0) is 55.2 Å². The molecule has 21 heavy (non-hydrogen) atoms. The predicted octanol–water partition coefficient (Wildman–Crippen LogP) is 3.07. The van der Waals surface area contributed by atoms with Crippen LogP contribution < -0.4 is 10.1 Å². The van der Waals surface area contributed by atoms with Crippen LogP contribution in [0.1, 0.15) is 37.8 Å². The van der Waals surface area contributed by atoms with Crippen molar-refractivity contribution in [2.24, 2.45) is 11.3 Å². The van der Waals surface area contributed by atoms with Crippen LogP contribution in [0, 0.1) is 25.2 Å². The molecule has 0 aromatic heterocycles. The smallest absolute Gasteiger partial charge is 0.122 e. The SMILES string of the molecule is Cc1ccc(C)c(OCC(O)CNCC2(C(C)C)CC2)c1. The van der Waals surface area contributed by atoms with Gasteiger partial charge in [0.15, 0.2) is 0 Å². The number of nitrogens with one attached hydrogen (secondary N) is 1. The molecule has 0 spiro atoms. The quantitative estimate of drug-likeness (QED) is 0.773. The summed E-state index contributed by atoms with van der Waals surface area (Å²) in [4.78, 5) is 0. The largest absolute Gasteiger partial charge is 0.491 e. The highest BCUT2D eigenvalue weighted by Gasteiger charge is 2.44. The van der Waals surface area contributed by atoms with Gasteiger partial charge in [0.2, 0.25) is 0 Å². The first-order valence-electron chi connectivity index (χ1n) is 8.02. The van der Waals surface area contributed by atoms with Crippen LogP contribution >= 0.6 is 0 Å². The van der Waals surface area contributed by atoms with E-state index in [0.29, 0.717) is 24.5 Å². The van der Waals surface area contributed by atoms with Gasteiger partial charge in [-0.25, -0.2) is 0 Å². The number of hydrogen-bond donors (Lipinski definition) is 2. The van der Waals surface area contributed by atoms with Crippen LogP contribution in [0.15, 0.2) is 18.2 Å². The highest BCUT2D eigenvalue weighted by Crippen LogP contribution is 2.51. The Balaban J connectivity index is 1.70. The van der Waals surface area contributed by atoms with Crippen LogP contribution in [0.2, 0.25) is 0 Å². The summed E-state index contributed by atoms with van der Waals surface area (Å²) in [6, 6.07) is 6.14. The lowest BCUT2D eigenvalue weighted by atomic mass is 9.92. The Kier molecular flexibility index (Phi) is 5.28. The lowest BCUT2D eigenvalue weighted by Crippen LogP contribution is -2.36. The van der Waals surface area contributed by atoms with E-state index in [1.807, 2.05) is 19.9 Å². The van der Waals surface area contributed by atoms with Crippen LogP contribution in [-0.4, -0.2) is 30.9 Å². The number of aryl methyl sites for hydroxylation is 2. The first-order valence-corrected chi connectivity index (χ1v) is 8.02. The highest BCUT2D eigenvalue weighted by molar-refractivity contribution is 5.35. The molecule has 1 fully saturated rings. The van der Waals surface area contributed by atoms with Crippen LogP contribution in [0.3, 0.4) is 0 Å². The lowest BCUT2D eigenvalue weighted by molar-refractivity contribution is 0.104. The Bertz CT molecular complexity index is 466. The fraction of sp³-hybridized carbons (Fsp3) is 0.667. The van der Waals surface area contributed by atoms with E-state index < -0.39 is 6.10 Å². The highest BCUT2D eigenvalue weighted by atomic mass is 16.5. The second kappa shape index (κ2) is 6.80. The molecule has 0 saturated heterocycles. The summed E-state index contributed by atoms with van der Waals surface area (Å²) in [5, 5.41) is 13.4. The molecule has 2 N–H and O–H groups in total. The van der Waals surface area contributed by atoms with Gasteiger partial charge in [0.05, 0.1) is 0 Å². The van der Waals surface area contributed by atoms with E-state index in [0.717, 1.165) is 17.9 Å². The molecule has 1 saturated carbocycles. The van der Waals surface area contributed by atoms with Gasteiger partial charge < -0.3 is 15.2 Å². The molecule has 0 bridgehead atoms. The molecule has 0 heterocycles. The molecular weight excluding hydrogens is 262 g/mol. The third-order valence-electron chi connectivity index (χ3n) is 4.75. The summed E-state index contributed by atoms with van der Waals surface area (Å²) in [5.74, 6) is 1.59. The summed E-state index contributed by atoms with van der Waals surface area (Å²) in [5.41, 5.74) is 2.77. The number of ether oxygens (including phenoxy) is 1. The zero-order valence-corrected chi connectivity index (χ0v) is 13.8. The molecular formula is C18H29NO2. The maximum absolute atomic E-state index is 10.0. The predicted molar refractivity (Wildman–Crippen MR) is 86.8 cm³/mol. The minimum atomic E-state index is -0.465. The van der Waals surface area contributed by atoms with Crippen LogP contribution in [0.4, 0.5) is 0 Å². The van der Waals surface area contributed by atoms with E-state index in [1.165, 1.54) is 18.4 Å². The second-order valence-corrected chi connectivity index (χ2v) is 6.88. The van der Waals surface area contributed by atoms with Gasteiger partial charge in [-0.1, -0.05) is 26.0 Å². The Labute approximate surface area is 128 Å². The number of aliphatic hydroxyl groups is 1.